The Balaban J connectivity index is 1.82. The number of halogens is 1. The lowest BCUT2D eigenvalue weighted by Gasteiger charge is -2.30. The summed E-state index contributed by atoms with van der Waals surface area (Å²) in [5.41, 5.74) is 3.13. The van der Waals surface area contributed by atoms with Crippen LogP contribution in [0.5, 0.6) is 5.75 Å². The zero-order valence-corrected chi connectivity index (χ0v) is 16.8. The third kappa shape index (κ3) is 3.55. The number of carbonyl (C=O) groups is 1. The molecule has 1 atom stereocenters. The number of hydrazone groups is 1. The Morgan fingerprint density at radius 3 is 2.64 bits per heavy atom. The summed E-state index contributed by atoms with van der Waals surface area (Å²) in [4.78, 5) is 17.8. The van der Waals surface area contributed by atoms with Crippen LogP contribution in [0.1, 0.15) is 23.6 Å². The Kier molecular flexibility index (Phi) is 5.21. The van der Waals surface area contributed by atoms with Crippen LogP contribution in [0, 0.1) is 0 Å². The van der Waals surface area contributed by atoms with E-state index in [9.17, 15) is 4.79 Å². The van der Waals surface area contributed by atoms with Crippen molar-refractivity contribution in [3.63, 3.8) is 0 Å². The van der Waals surface area contributed by atoms with Gasteiger partial charge in [-0.05, 0) is 57.9 Å². The van der Waals surface area contributed by atoms with Crippen molar-refractivity contribution in [1.29, 1.82) is 0 Å². The Morgan fingerprint density at radius 2 is 1.89 bits per heavy atom. The Bertz CT molecular complexity index is 1040. The van der Waals surface area contributed by atoms with Gasteiger partial charge in [0.25, 0.3) is 5.91 Å². The summed E-state index contributed by atoms with van der Waals surface area (Å²) < 4.78 is 6.15. The highest BCUT2D eigenvalue weighted by atomic mass is 79.9. The average Bonchev–Trinajstić information content (AvgIpc) is 2.75. The standard InChI is InChI=1S/C22H18BrN3O2/c1-28-16-8-6-7-15(13-16)17-14-20(19-10-4-5-12-24-19)25-26(22(17)27)21-11-3-2-9-18(21)23/h2-13,17H,14H2,1H3. The van der Waals surface area contributed by atoms with Crippen molar-refractivity contribution in [3.05, 3.63) is 88.7 Å². The second-order valence-electron chi connectivity index (χ2n) is 6.40. The van der Waals surface area contributed by atoms with Crippen LogP contribution in [-0.2, 0) is 4.79 Å². The van der Waals surface area contributed by atoms with Gasteiger partial charge in [-0.3, -0.25) is 9.78 Å². The summed E-state index contributed by atoms with van der Waals surface area (Å²) in [6.45, 7) is 0. The Morgan fingerprint density at radius 1 is 1.07 bits per heavy atom. The molecule has 0 N–H and O–H groups in total. The fraction of sp³-hybridized carbons (Fsp3) is 0.136. The molecule has 1 aliphatic heterocycles. The molecule has 0 saturated heterocycles. The predicted molar refractivity (Wildman–Crippen MR) is 113 cm³/mol. The molecule has 1 unspecified atom stereocenters. The van der Waals surface area contributed by atoms with Gasteiger partial charge in [-0.25, -0.2) is 0 Å². The van der Waals surface area contributed by atoms with Crippen molar-refractivity contribution in [2.45, 2.75) is 12.3 Å². The van der Waals surface area contributed by atoms with Crippen molar-refractivity contribution >= 4 is 33.2 Å². The molecule has 0 bridgehead atoms. The number of nitrogens with zero attached hydrogens (tertiary/aromatic N) is 3. The highest BCUT2D eigenvalue weighted by Crippen LogP contribution is 2.35. The van der Waals surface area contributed by atoms with Crippen LogP contribution in [0.15, 0.2) is 82.5 Å². The van der Waals surface area contributed by atoms with Gasteiger partial charge in [0.2, 0.25) is 0 Å². The fourth-order valence-corrected chi connectivity index (χ4v) is 3.70. The van der Waals surface area contributed by atoms with Crippen LogP contribution in [0.25, 0.3) is 0 Å². The van der Waals surface area contributed by atoms with Crippen LogP contribution < -0.4 is 9.75 Å². The van der Waals surface area contributed by atoms with E-state index < -0.39 is 0 Å². The van der Waals surface area contributed by atoms with Crippen molar-refractivity contribution in [1.82, 2.24) is 4.98 Å². The largest absolute Gasteiger partial charge is 0.497 e. The minimum absolute atomic E-state index is 0.0835. The molecule has 2 aromatic carbocycles. The maximum Gasteiger partial charge on any atom is 0.255 e. The SMILES string of the molecule is COc1cccc(C2CC(c3ccccn3)=NN(c3ccccc3Br)C2=O)c1. The van der Waals surface area contributed by atoms with Gasteiger partial charge in [0.1, 0.15) is 5.75 Å². The number of pyridine rings is 1. The minimum Gasteiger partial charge on any atom is -0.497 e. The number of para-hydroxylation sites is 1. The van der Waals surface area contributed by atoms with E-state index in [0.29, 0.717) is 12.1 Å². The van der Waals surface area contributed by atoms with E-state index in [2.05, 4.69) is 26.0 Å². The van der Waals surface area contributed by atoms with Gasteiger partial charge in [-0.15, -0.1) is 0 Å². The molecule has 0 saturated carbocycles. The van der Waals surface area contributed by atoms with Crippen molar-refractivity contribution < 1.29 is 9.53 Å². The summed E-state index contributed by atoms with van der Waals surface area (Å²) in [5.74, 6) is 0.260. The van der Waals surface area contributed by atoms with Crippen LogP contribution in [0.4, 0.5) is 5.69 Å². The average molecular weight is 436 g/mol. The Hall–Kier alpha value is -2.99. The van der Waals surface area contributed by atoms with Crippen molar-refractivity contribution in [3.8, 4) is 5.75 Å². The molecule has 0 fully saturated rings. The van der Waals surface area contributed by atoms with Crippen LogP contribution in [-0.4, -0.2) is 23.7 Å². The van der Waals surface area contributed by atoms with Gasteiger partial charge in [0, 0.05) is 17.1 Å². The number of hydrogen-bond donors (Lipinski definition) is 0. The van der Waals surface area contributed by atoms with Gasteiger partial charge in [0.15, 0.2) is 0 Å². The lowest BCUT2D eigenvalue weighted by Crippen LogP contribution is -2.38. The fourth-order valence-electron chi connectivity index (χ4n) is 3.24. The third-order valence-electron chi connectivity index (χ3n) is 4.66. The first-order valence-corrected chi connectivity index (χ1v) is 9.68. The number of hydrogen-bond acceptors (Lipinski definition) is 4. The summed E-state index contributed by atoms with van der Waals surface area (Å²) in [7, 11) is 1.62. The van der Waals surface area contributed by atoms with Crippen LogP contribution >= 0.6 is 15.9 Å². The smallest absolute Gasteiger partial charge is 0.255 e. The highest BCUT2D eigenvalue weighted by Gasteiger charge is 2.34. The van der Waals surface area contributed by atoms with Gasteiger partial charge in [-0.1, -0.05) is 30.3 Å². The monoisotopic (exact) mass is 435 g/mol. The van der Waals surface area contributed by atoms with E-state index in [4.69, 9.17) is 4.74 Å². The zero-order chi connectivity index (χ0) is 19.5. The van der Waals surface area contributed by atoms with E-state index in [0.717, 1.165) is 27.2 Å². The van der Waals surface area contributed by atoms with Gasteiger partial charge in [-0.2, -0.15) is 10.1 Å². The second kappa shape index (κ2) is 7.94. The van der Waals surface area contributed by atoms with Gasteiger partial charge >= 0.3 is 0 Å². The number of carbonyl (C=O) groups excluding carboxylic acids is 1. The summed E-state index contributed by atoms with van der Waals surface area (Å²) in [5, 5.41) is 6.13. The predicted octanol–water partition coefficient (Wildman–Crippen LogP) is 4.78. The van der Waals surface area contributed by atoms with E-state index in [1.807, 2.05) is 66.7 Å². The van der Waals surface area contributed by atoms with Gasteiger partial charge < -0.3 is 4.74 Å². The first-order valence-electron chi connectivity index (χ1n) is 8.88. The summed E-state index contributed by atoms with van der Waals surface area (Å²) in [6, 6.07) is 20.9. The molecule has 1 amide bonds. The molecule has 1 aromatic heterocycles. The Labute approximate surface area is 171 Å². The van der Waals surface area contributed by atoms with Crippen molar-refractivity contribution in [2.24, 2.45) is 5.10 Å². The van der Waals surface area contributed by atoms with E-state index >= 15 is 0 Å². The molecule has 6 heteroatoms. The normalized spacial score (nSPS) is 16.6. The summed E-state index contributed by atoms with van der Waals surface area (Å²) in [6.07, 6.45) is 2.21. The molecule has 0 aliphatic carbocycles. The van der Waals surface area contributed by atoms with Crippen LogP contribution in [0.3, 0.4) is 0 Å². The first-order chi connectivity index (χ1) is 13.7. The lowest BCUT2D eigenvalue weighted by atomic mass is 9.89. The second-order valence-corrected chi connectivity index (χ2v) is 7.25. The molecular formula is C22H18BrN3O2. The molecule has 0 spiro atoms. The molecular weight excluding hydrogens is 418 g/mol. The number of rotatable bonds is 4. The van der Waals surface area contributed by atoms with E-state index in [1.165, 1.54) is 5.01 Å². The van der Waals surface area contributed by atoms with Crippen LogP contribution in [0.2, 0.25) is 0 Å². The molecule has 3 aromatic rings. The highest BCUT2D eigenvalue weighted by molar-refractivity contribution is 9.10. The molecule has 28 heavy (non-hydrogen) atoms. The number of ether oxygens (including phenoxy) is 1. The topological polar surface area (TPSA) is 54.8 Å². The van der Waals surface area contributed by atoms with Gasteiger partial charge in [0.05, 0.1) is 30.1 Å². The van der Waals surface area contributed by atoms with E-state index in [-0.39, 0.29) is 11.8 Å². The maximum atomic E-state index is 13.4. The lowest BCUT2D eigenvalue weighted by molar-refractivity contribution is -0.120. The molecule has 5 nitrogen and oxygen atoms in total. The maximum absolute atomic E-state index is 13.4. The molecule has 2 heterocycles. The molecule has 0 radical (unpaired) electrons. The summed E-state index contributed by atoms with van der Waals surface area (Å²) >= 11 is 3.54. The van der Waals surface area contributed by atoms with E-state index in [1.54, 1.807) is 13.3 Å². The minimum atomic E-state index is -0.378. The number of anilines is 1. The first kappa shape index (κ1) is 18.4. The number of amides is 1. The molecule has 4 rings (SSSR count). The van der Waals surface area contributed by atoms with Crippen molar-refractivity contribution in [2.75, 3.05) is 12.1 Å². The molecule has 1 aliphatic rings. The number of benzene rings is 2. The zero-order valence-electron chi connectivity index (χ0n) is 15.2. The number of methoxy groups -OCH3 is 1. The molecule has 140 valence electrons. The quantitative estimate of drug-likeness (QED) is 0.592. The number of aromatic nitrogens is 1. The third-order valence-corrected chi connectivity index (χ3v) is 5.33.